The van der Waals surface area contributed by atoms with Gasteiger partial charge in [-0.05, 0) is 6.92 Å². The highest BCUT2D eigenvalue weighted by atomic mass is 16.5. The fourth-order valence-electron chi connectivity index (χ4n) is 1.62. The Balaban J connectivity index is 2.53. The monoisotopic (exact) mass is 229 g/mol. The van der Waals surface area contributed by atoms with Crippen LogP contribution in [-0.4, -0.2) is 54.0 Å². The van der Waals surface area contributed by atoms with Gasteiger partial charge in [0.25, 0.3) is 0 Å². The molecule has 1 N–H and O–H groups in total. The number of carbonyl (C=O) groups is 3. The molecule has 1 fully saturated rings. The van der Waals surface area contributed by atoms with Crippen molar-refractivity contribution in [2.75, 3.05) is 19.8 Å². The second kappa shape index (κ2) is 5.60. The van der Waals surface area contributed by atoms with Crippen LogP contribution in [0.3, 0.4) is 0 Å². The van der Waals surface area contributed by atoms with Gasteiger partial charge in [0.05, 0.1) is 6.61 Å². The number of hydrogen-bond acceptors (Lipinski definition) is 5. The van der Waals surface area contributed by atoms with E-state index in [1.807, 2.05) is 0 Å². The van der Waals surface area contributed by atoms with E-state index in [1.54, 1.807) is 6.92 Å². The number of likely N-dealkylation sites (tertiary alicyclic amines) is 1. The Morgan fingerprint density at radius 2 is 2.44 bits per heavy atom. The van der Waals surface area contributed by atoms with Gasteiger partial charge in [-0.2, -0.15) is 0 Å². The molecule has 16 heavy (non-hydrogen) atoms. The number of amides is 1. The van der Waals surface area contributed by atoms with Gasteiger partial charge in [0.1, 0.15) is 18.9 Å². The van der Waals surface area contributed by atoms with Crippen LogP contribution in [0.1, 0.15) is 13.3 Å². The lowest BCUT2D eigenvalue weighted by molar-refractivity contribution is -0.153. The van der Waals surface area contributed by atoms with Crippen molar-refractivity contribution in [3.63, 3.8) is 0 Å². The molecule has 0 aromatic carbocycles. The summed E-state index contributed by atoms with van der Waals surface area (Å²) >= 11 is 0. The average Bonchev–Trinajstić information content (AvgIpc) is 2.66. The Bertz CT molecular complexity index is 291. The summed E-state index contributed by atoms with van der Waals surface area (Å²) in [6.45, 7) is 1.48. The minimum atomic E-state index is -0.705. The standard InChI is InChI=1S/C10H15NO5/c1-7(10(15)16-3-2-12)11-5-8(6-13)4-9(11)14/h6-8,12H,2-5H2,1H3. The van der Waals surface area contributed by atoms with E-state index in [0.717, 1.165) is 6.29 Å². The maximum absolute atomic E-state index is 11.5. The lowest BCUT2D eigenvalue weighted by Gasteiger charge is -2.22. The van der Waals surface area contributed by atoms with E-state index in [2.05, 4.69) is 0 Å². The zero-order valence-corrected chi connectivity index (χ0v) is 9.09. The number of hydrogen-bond donors (Lipinski definition) is 1. The van der Waals surface area contributed by atoms with Crippen LogP contribution < -0.4 is 0 Å². The van der Waals surface area contributed by atoms with Gasteiger partial charge in [-0.1, -0.05) is 0 Å². The molecule has 2 atom stereocenters. The molecule has 0 aliphatic carbocycles. The summed E-state index contributed by atoms with van der Waals surface area (Å²) in [7, 11) is 0. The SMILES string of the molecule is CC(C(=O)OCCO)N1CC(C=O)CC1=O. The van der Waals surface area contributed by atoms with Gasteiger partial charge in [0.15, 0.2) is 0 Å². The second-order valence-electron chi connectivity index (χ2n) is 3.71. The highest BCUT2D eigenvalue weighted by Crippen LogP contribution is 2.18. The smallest absolute Gasteiger partial charge is 0.328 e. The van der Waals surface area contributed by atoms with E-state index in [0.29, 0.717) is 0 Å². The van der Waals surface area contributed by atoms with Crippen LogP contribution in [0.15, 0.2) is 0 Å². The fraction of sp³-hybridized carbons (Fsp3) is 0.700. The average molecular weight is 229 g/mol. The third kappa shape index (κ3) is 2.79. The van der Waals surface area contributed by atoms with Crippen molar-refractivity contribution in [2.24, 2.45) is 5.92 Å². The number of rotatable bonds is 5. The van der Waals surface area contributed by atoms with E-state index in [9.17, 15) is 14.4 Å². The quantitative estimate of drug-likeness (QED) is 0.481. The number of ether oxygens (including phenoxy) is 1. The van der Waals surface area contributed by atoms with E-state index in [4.69, 9.17) is 9.84 Å². The van der Waals surface area contributed by atoms with Gasteiger partial charge in [-0.3, -0.25) is 4.79 Å². The van der Waals surface area contributed by atoms with Gasteiger partial charge in [-0.25, -0.2) is 4.79 Å². The van der Waals surface area contributed by atoms with Crippen molar-refractivity contribution < 1.29 is 24.2 Å². The molecule has 2 unspecified atom stereocenters. The van der Waals surface area contributed by atoms with E-state index in [1.165, 1.54) is 4.90 Å². The first-order chi connectivity index (χ1) is 7.60. The largest absolute Gasteiger partial charge is 0.462 e. The third-order valence-corrected chi connectivity index (χ3v) is 2.53. The second-order valence-corrected chi connectivity index (χ2v) is 3.71. The van der Waals surface area contributed by atoms with Crippen molar-refractivity contribution in [3.8, 4) is 0 Å². The Hall–Kier alpha value is -1.43. The summed E-state index contributed by atoms with van der Waals surface area (Å²) in [6, 6.07) is -0.705. The van der Waals surface area contributed by atoms with Crippen molar-refractivity contribution in [1.82, 2.24) is 4.90 Å². The Morgan fingerprint density at radius 3 is 2.94 bits per heavy atom. The number of aliphatic hydroxyl groups excluding tert-OH is 1. The van der Waals surface area contributed by atoms with Crippen LogP contribution in [0.4, 0.5) is 0 Å². The van der Waals surface area contributed by atoms with Crippen molar-refractivity contribution in [1.29, 1.82) is 0 Å². The number of carbonyl (C=O) groups excluding carboxylic acids is 3. The fourth-order valence-corrected chi connectivity index (χ4v) is 1.62. The molecule has 0 saturated carbocycles. The van der Waals surface area contributed by atoms with Gasteiger partial charge >= 0.3 is 5.97 Å². The highest BCUT2D eigenvalue weighted by molar-refractivity contribution is 5.88. The minimum Gasteiger partial charge on any atom is -0.462 e. The maximum Gasteiger partial charge on any atom is 0.328 e. The number of aliphatic hydroxyl groups is 1. The molecule has 90 valence electrons. The zero-order valence-electron chi connectivity index (χ0n) is 9.09. The molecule has 0 bridgehead atoms. The van der Waals surface area contributed by atoms with E-state index >= 15 is 0 Å². The lowest BCUT2D eigenvalue weighted by Crippen LogP contribution is -2.41. The zero-order chi connectivity index (χ0) is 12.1. The summed E-state index contributed by atoms with van der Waals surface area (Å²) in [5.41, 5.74) is 0. The van der Waals surface area contributed by atoms with E-state index < -0.39 is 12.0 Å². The van der Waals surface area contributed by atoms with Crippen LogP contribution in [0.25, 0.3) is 0 Å². The molecular weight excluding hydrogens is 214 g/mol. The first-order valence-corrected chi connectivity index (χ1v) is 5.12. The molecule has 1 saturated heterocycles. The molecule has 1 rings (SSSR count). The molecule has 0 radical (unpaired) electrons. The number of esters is 1. The van der Waals surface area contributed by atoms with Gasteiger partial charge in [0.2, 0.25) is 5.91 Å². The highest BCUT2D eigenvalue weighted by Gasteiger charge is 2.35. The van der Waals surface area contributed by atoms with E-state index in [-0.39, 0.29) is 38.0 Å². The van der Waals surface area contributed by atoms with Gasteiger partial charge in [-0.15, -0.1) is 0 Å². The van der Waals surface area contributed by atoms with Crippen LogP contribution >= 0.6 is 0 Å². The molecule has 0 spiro atoms. The first-order valence-electron chi connectivity index (χ1n) is 5.12. The van der Waals surface area contributed by atoms with Crippen molar-refractivity contribution in [3.05, 3.63) is 0 Å². The maximum atomic E-state index is 11.5. The van der Waals surface area contributed by atoms with Gasteiger partial charge in [0, 0.05) is 18.9 Å². The lowest BCUT2D eigenvalue weighted by atomic mass is 10.1. The van der Waals surface area contributed by atoms with Crippen LogP contribution in [0.2, 0.25) is 0 Å². The van der Waals surface area contributed by atoms with Crippen LogP contribution in [-0.2, 0) is 19.1 Å². The Morgan fingerprint density at radius 1 is 1.75 bits per heavy atom. The predicted octanol–water partition coefficient (Wildman–Crippen LogP) is -1.04. The summed E-state index contributed by atoms with van der Waals surface area (Å²) in [6.07, 6.45) is 0.880. The summed E-state index contributed by atoms with van der Waals surface area (Å²) in [5, 5.41) is 8.49. The number of nitrogens with zero attached hydrogens (tertiary/aromatic N) is 1. The van der Waals surface area contributed by atoms with Crippen LogP contribution in [0.5, 0.6) is 0 Å². The van der Waals surface area contributed by atoms with Crippen LogP contribution in [0, 0.1) is 5.92 Å². The number of aldehydes is 1. The molecule has 6 nitrogen and oxygen atoms in total. The van der Waals surface area contributed by atoms with Gasteiger partial charge < -0.3 is 19.5 Å². The summed E-state index contributed by atoms with van der Waals surface area (Å²) in [5.74, 6) is -1.11. The molecule has 1 amide bonds. The molecule has 1 heterocycles. The molecular formula is C10H15NO5. The Kier molecular flexibility index (Phi) is 4.42. The third-order valence-electron chi connectivity index (χ3n) is 2.53. The molecule has 1 aliphatic rings. The summed E-state index contributed by atoms with van der Waals surface area (Å²) in [4.78, 5) is 34.8. The molecule has 0 aromatic heterocycles. The Labute approximate surface area is 93.2 Å². The topological polar surface area (TPSA) is 83.9 Å². The molecule has 0 aromatic rings. The predicted molar refractivity (Wildman–Crippen MR) is 53.4 cm³/mol. The summed E-state index contributed by atoms with van der Waals surface area (Å²) < 4.78 is 4.71. The molecule has 6 heteroatoms. The minimum absolute atomic E-state index is 0.0810. The molecule has 1 aliphatic heterocycles. The normalized spacial score (nSPS) is 22.0. The van der Waals surface area contributed by atoms with Crippen molar-refractivity contribution >= 4 is 18.2 Å². The van der Waals surface area contributed by atoms with Crippen molar-refractivity contribution in [2.45, 2.75) is 19.4 Å². The first kappa shape index (κ1) is 12.6.